The van der Waals surface area contributed by atoms with Crippen LogP contribution in [0.3, 0.4) is 0 Å². The minimum atomic E-state index is -0.891. The van der Waals surface area contributed by atoms with Gasteiger partial charge in [-0.05, 0) is 47.2 Å². The van der Waals surface area contributed by atoms with Gasteiger partial charge >= 0.3 is 0 Å². The topological polar surface area (TPSA) is 75.7 Å². The number of benzene rings is 2. The second-order valence-electron chi connectivity index (χ2n) is 9.76. The molecule has 0 unspecified atom stereocenters. The van der Waals surface area contributed by atoms with Gasteiger partial charge in [0.25, 0.3) is 5.91 Å². The second kappa shape index (κ2) is 9.06. The lowest BCUT2D eigenvalue weighted by Gasteiger charge is -2.28. The molecule has 2 aliphatic heterocycles. The summed E-state index contributed by atoms with van der Waals surface area (Å²) in [6.45, 7) is 6.69. The average molecular weight is 453 g/mol. The molecule has 2 fully saturated rings. The normalized spacial score (nSPS) is 21.1. The van der Waals surface area contributed by atoms with Gasteiger partial charge in [0, 0.05) is 18.5 Å². The Morgan fingerprint density at radius 2 is 1.79 bits per heavy atom. The first kappa shape index (κ1) is 23.1. The maximum absolute atomic E-state index is 13.5. The monoisotopic (exact) mass is 452 g/mol. The highest BCUT2D eigenvalue weighted by molar-refractivity contribution is 5.99. The Kier molecular flexibility index (Phi) is 6.34. The van der Waals surface area contributed by atoms with Crippen LogP contribution in [0.4, 0.5) is 4.39 Å². The lowest BCUT2D eigenvalue weighted by molar-refractivity contribution is -0.138. The molecule has 0 spiro atoms. The zero-order valence-electron chi connectivity index (χ0n) is 19.1. The zero-order valence-corrected chi connectivity index (χ0v) is 19.1. The molecule has 4 rings (SSSR count). The average Bonchev–Trinajstić information content (AvgIpc) is 3.37. The van der Waals surface area contributed by atoms with Gasteiger partial charge in [-0.25, -0.2) is 4.39 Å². The number of nitrogens with zero attached hydrogens (tertiary/aromatic N) is 1. The van der Waals surface area contributed by atoms with Crippen LogP contribution < -0.4 is 5.32 Å². The summed E-state index contributed by atoms with van der Waals surface area (Å²) >= 11 is 0. The van der Waals surface area contributed by atoms with E-state index in [1.54, 1.807) is 24.3 Å². The molecule has 33 heavy (non-hydrogen) atoms. The van der Waals surface area contributed by atoms with E-state index in [4.69, 9.17) is 4.74 Å². The van der Waals surface area contributed by atoms with E-state index in [1.807, 2.05) is 12.1 Å². The van der Waals surface area contributed by atoms with Gasteiger partial charge in [0.15, 0.2) is 5.78 Å². The lowest BCUT2D eigenvalue weighted by atomic mass is 9.86. The molecule has 0 bridgehead atoms. The number of likely N-dealkylation sites (tertiary alicyclic amines) is 1. The van der Waals surface area contributed by atoms with Crippen molar-refractivity contribution in [2.75, 3.05) is 13.2 Å². The van der Waals surface area contributed by atoms with E-state index in [9.17, 15) is 18.8 Å². The Balaban J connectivity index is 1.56. The van der Waals surface area contributed by atoms with Crippen LogP contribution in [0, 0.1) is 5.82 Å². The first-order valence-electron chi connectivity index (χ1n) is 11.2. The maximum atomic E-state index is 13.5. The van der Waals surface area contributed by atoms with Gasteiger partial charge in [0.1, 0.15) is 24.5 Å². The van der Waals surface area contributed by atoms with E-state index in [2.05, 4.69) is 26.1 Å². The van der Waals surface area contributed by atoms with Crippen molar-refractivity contribution in [1.29, 1.82) is 0 Å². The highest BCUT2D eigenvalue weighted by Gasteiger charge is 2.48. The number of Topliss-reactive ketones (excluding diaryl/α,β-unsaturated/α-hetero) is 1. The van der Waals surface area contributed by atoms with Crippen molar-refractivity contribution in [2.45, 2.75) is 57.2 Å². The number of amides is 2. The minimum Gasteiger partial charge on any atom is -0.368 e. The fraction of sp³-hybridized carbons (Fsp3) is 0.423. The highest BCUT2D eigenvalue weighted by Crippen LogP contribution is 2.28. The van der Waals surface area contributed by atoms with Crippen LogP contribution >= 0.6 is 0 Å². The second-order valence-corrected chi connectivity index (χ2v) is 9.76. The van der Waals surface area contributed by atoms with Crippen molar-refractivity contribution in [3.05, 3.63) is 71.0 Å². The summed E-state index contributed by atoms with van der Waals surface area (Å²) in [6.07, 6.45) is 0.496. The third-order valence-corrected chi connectivity index (χ3v) is 6.36. The van der Waals surface area contributed by atoms with Gasteiger partial charge in [-0.15, -0.1) is 0 Å². The number of ketones is 1. The number of fused-ring (bicyclic) bond motifs is 1. The van der Waals surface area contributed by atoms with Gasteiger partial charge in [-0.2, -0.15) is 0 Å². The van der Waals surface area contributed by atoms with Crippen LogP contribution in [0.5, 0.6) is 0 Å². The van der Waals surface area contributed by atoms with Crippen LogP contribution in [-0.2, 0) is 26.2 Å². The van der Waals surface area contributed by atoms with Crippen LogP contribution in [0.15, 0.2) is 48.5 Å². The highest BCUT2D eigenvalue weighted by atomic mass is 19.1. The van der Waals surface area contributed by atoms with Crippen molar-refractivity contribution in [3.8, 4) is 0 Å². The maximum Gasteiger partial charge on any atom is 0.251 e. The smallest absolute Gasteiger partial charge is 0.251 e. The molecule has 2 amide bonds. The number of halogens is 1. The van der Waals surface area contributed by atoms with Crippen LogP contribution in [-0.4, -0.2) is 53.8 Å². The SMILES string of the molecule is CC(C)(C)c1ccc(C(=O)N[C@@H](Cc2ccc(F)cc2)C(=O)N2CC[C@H]3OCC(=O)[C@H]32)cc1. The summed E-state index contributed by atoms with van der Waals surface area (Å²) in [7, 11) is 0. The summed E-state index contributed by atoms with van der Waals surface area (Å²) in [5, 5.41) is 2.85. The van der Waals surface area contributed by atoms with Crippen LogP contribution in [0.2, 0.25) is 0 Å². The molecule has 3 atom stereocenters. The van der Waals surface area contributed by atoms with E-state index < -0.39 is 12.1 Å². The quantitative estimate of drug-likeness (QED) is 0.757. The molecule has 0 radical (unpaired) electrons. The molecule has 6 nitrogen and oxygen atoms in total. The van der Waals surface area contributed by atoms with Gasteiger partial charge in [-0.3, -0.25) is 14.4 Å². The fourth-order valence-corrected chi connectivity index (χ4v) is 4.46. The number of nitrogens with one attached hydrogen (secondary N) is 1. The summed E-state index contributed by atoms with van der Waals surface area (Å²) in [5.74, 6) is -1.19. The fourth-order valence-electron chi connectivity index (χ4n) is 4.46. The summed E-state index contributed by atoms with van der Waals surface area (Å²) in [5.41, 5.74) is 2.21. The lowest BCUT2D eigenvalue weighted by Crippen LogP contribution is -2.53. The number of hydrogen-bond acceptors (Lipinski definition) is 4. The van der Waals surface area contributed by atoms with Gasteiger partial charge in [0.05, 0.1) is 6.10 Å². The van der Waals surface area contributed by atoms with Gasteiger partial charge in [0.2, 0.25) is 5.91 Å². The molecule has 174 valence electrons. The van der Waals surface area contributed by atoms with Gasteiger partial charge < -0.3 is 15.0 Å². The standard InChI is InChI=1S/C26H29FN2O4/c1-26(2,3)18-8-6-17(7-9-18)24(31)28-20(14-16-4-10-19(27)11-5-16)25(32)29-13-12-22-23(29)21(30)15-33-22/h4-11,20,22-23H,12-15H2,1-3H3,(H,28,31)/t20-,22+,23+/m0/s1. The molecule has 7 heteroatoms. The Bertz CT molecular complexity index is 1040. The molecule has 2 aromatic rings. The van der Waals surface area contributed by atoms with Crippen molar-refractivity contribution in [2.24, 2.45) is 0 Å². The Hall–Kier alpha value is -3.06. The minimum absolute atomic E-state index is 0.00816. The van der Waals surface area contributed by atoms with E-state index in [0.717, 1.165) is 5.56 Å². The number of carbonyl (C=O) groups is 3. The van der Waals surface area contributed by atoms with E-state index in [-0.39, 0.29) is 48.0 Å². The molecule has 2 saturated heterocycles. The van der Waals surface area contributed by atoms with Crippen molar-refractivity contribution in [1.82, 2.24) is 10.2 Å². The Morgan fingerprint density at radius 3 is 2.42 bits per heavy atom. The van der Waals surface area contributed by atoms with E-state index >= 15 is 0 Å². The molecular weight excluding hydrogens is 423 g/mol. The molecule has 2 aromatic carbocycles. The van der Waals surface area contributed by atoms with Crippen molar-refractivity contribution >= 4 is 17.6 Å². The Labute approximate surface area is 193 Å². The zero-order chi connectivity index (χ0) is 23.8. The Morgan fingerprint density at radius 1 is 1.12 bits per heavy atom. The molecule has 0 aliphatic carbocycles. The number of ether oxygens (including phenoxy) is 1. The van der Waals surface area contributed by atoms with E-state index in [1.165, 1.54) is 17.0 Å². The summed E-state index contributed by atoms with van der Waals surface area (Å²) < 4.78 is 18.9. The predicted molar refractivity (Wildman–Crippen MR) is 121 cm³/mol. The first-order chi connectivity index (χ1) is 15.6. The predicted octanol–water partition coefficient (Wildman–Crippen LogP) is 3.03. The van der Waals surface area contributed by atoms with Gasteiger partial charge in [-0.1, -0.05) is 45.0 Å². The van der Waals surface area contributed by atoms with Crippen molar-refractivity contribution in [3.63, 3.8) is 0 Å². The number of carbonyl (C=O) groups excluding carboxylic acids is 3. The largest absolute Gasteiger partial charge is 0.368 e. The molecule has 2 aliphatic rings. The third kappa shape index (κ3) is 4.98. The molecule has 0 saturated carbocycles. The third-order valence-electron chi connectivity index (χ3n) is 6.36. The summed E-state index contributed by atoms with van der Waals surface area (Å²) in [6, 6.07) is 11.6. The molecular formula is C26H29FN2O4. The first-order valence-corrected chi connectivity index (χ1v) is 11.2. The van der Waals surface area contributed by atoms with Crippen LogP contribution in [0.25, 0.3) is 0 Å². The van der Waals surface area contributed by atoms with Crippen LogP contribution in [0.1, 0.15) is 48.7 Å². The molecule has 2 heterocycles. The van der Waals surface area contributed by atoms with E-state index in [0.29, 0.717) is 24.1 Å². The van der Waals surface area contributed by atoms with Crippen molar-refractivity contribution < 1.29 is 23.5 Å². The summed E-state index contributed by atoms with van der Waals surface area (Å²) in [4.78, 5) is 40.3. The molecule has 1 N–H and O–H groups in total. The molecule has 0 aromatic heterocycles. The number of hydrogen-bond donors (Lipinski definition) is 1. The number of rotatable bonds is 5.